The molecule has 1 rings (SSSR count). The molecule has 0 fully saturated rings. The van der Waals surface area contributed by atoms with Crippen molar-refractivity contribution >= 4 is 17.7 Å². The normalized spacial score (nSPS) is 24.0. The molecule has 100 valence electrons. The molecule has 0 aromatic heterocycles. The number of hydrogen-bond donors (Lipinski definition) is 0. The monoisotopic (exact) mass is 254 g/mol. The van der Waals surface area contributed by atoms with E-state index in [9.17, 15) is 14.4 Å². The molecule has 0 saturated heterocycles. The molecule has 0 N–H and O–H groups in total. The maximum atomic E-state index is 12.0. The first-order valence-corrected chi connectivity index (χ1v) is 6.00. The molecule has 0 aliphatic heterocycles. The average Bonchev–Trinajstić information content (AvgIpc) is 2.47. The lowest BCUT2D eigenvalue weighted by atomic mass is 9.92. The second-order valence-electron chi connectivity index (χ2n) is 4.17. The van der Waals surface area contributed by atoms with Crippen LogP contribution in [0.15, 0.2) is 11.6 Å². The zero-order chi connectivity index (χ0) is 13.5. The second-order valence-corrected chi connectivity index (χ2v) is 4.17. The fraction of sp³-hybridized carbons (Fsp3) is 0.615. The smallest absolute Gasteiger partial charge is 0.334 e. The first kappa shape index (κ1) is 14.4. The summed E-state index contributed by atoms with van der Waals surface area (Å²) in [6.45, 7) is 0. The number of allylic oxidation sites excluding steroid dienone is 1. The van der Waals surface area contributed by atoms with E-state index in [0.717, 1.165) is 19.3 Å². The Bertz CT molecular complexity index is 370. The number of hydrogen-bond acceptors (Lipinski definition) is 5. The van der Waals surface area contributed by atoms with Crippen molar-refractivity contribution in [2.75, 3.05) is 14.2 Å². The van der Waals surface area contributed by atoms with Crippen molar-refractivity contribution in [2.45, 2.75) is 32.1 Å². The fourth-order valence-corrected chi connectivity index (χ4v) is 2.01. The molecule has 1 atom stereocenters. The van der Waals surface area contributed by atoms with Gasteiger partial charge in [-0.2, -0.15) is 0 Å². The lowest BCUT2D eigenvalue weighted by molar-refractivity contribution is -0.151. The summed E-state index contributed by atoms with van der Waals surface area (Å²) in [5.41, 5.74) is 0.108. The third kappa shape index (κ3) is 3.42. The summed E-state index contributed by atoms with van der Waals surface area (Å²) < 4.78 is 9.25. The standard InChI is InChI=1S/C13H18O5/c1-17-12(15)9-7-5-3-4-6-8-10(14)11(9)13(16)18-2/h7,11H,3-6,8H2,1-2H3/b9-7+. The Morgan fingerprint density at radius 2 is 1.89 bits per heavy atom. The number of esters is 2. The van der Waals surface area contributed by atoms with E-state index in [1.165, 1.54) is 14.2 Å². The Morgan fingerprint density at radius 3 is 2.50 bits per heavy atom. The number of carbonyl (C=O) groups is 3. The Balaban J connectivity index is 3.10. The third-order valence-electron chi connectivity index (χ3n) is 2.98. The van der Waals surface area contributed by atoms with Crippen LogP contribution >= 0.6 is 0 Å². The number of ketones is 1. The lowest BCUT2D eigenvalue weighted by Crippen LogP contribution is -2.30. The van der Waals surface area contributed by atoms with Crippen LogP contribution in [-0.4, -0.2) is 31.9 Å². The topological polar surface area (TPSA) is 69.7 Å². The number of rotatable bonds is 2. The molecule has 0 bridgehead atoms. The minimum atomic E-state index is -1.14. The summed E-state index contributed by atoms with van der Waals surface area (Å²) in [6.07, 6.45) is 5.09. The van der Waals surface area contributed by atoms with Crippen LogP contribution in [0.25, 0.3) is 0 Å². The van der Waals surface area contributed by atoms with Gasteiger partial charge in [-0.3, -0.25) is 9.59 Å². The molecule has 18 heavy (non-hydrogen) atoms. The van der Waals surface area contributed by atoms with E-state index in [0.29, 0.717) is 6.42 Å². The van der Waals surface area contributed by atoms with E-state index in [1.54, 1.807) is 6.08 Å². The Kier molecular flexibility index (Phi) is 5.55. The van der Waals surface area contributed by atoms with Gasteiger partial charge in [-0.1, -0.05) is 12.5 Å². The largest absolute Gasteiger partial charge is 0.468 e. The molecular weight excluding hydrogens is 236 g/mol. The maximum Gasteiger partial charge on any atom is 0.334 e. The van der Waals surface area contributed by atoms with Crippen LogP contribution in [-0.2, 0) is 23.9 Å². The van der Waals surface area contributed by atoms with E-state index in [2.05, 4.69) is 9.47 Å². The first-order chi connectivity index (χ1) is 8.61. The molecule has 5 nitrogen and oxygen atoms in total. The van der Waals surface area contributed by atoms with Gasteiger partial charge in [-0.05, 0) is 19.3 Å². The quantitative estimate of drug-likeness (QED) is 0.550. The number of methoxy groups -OCH3 is 2. The van der Waals surface area contributed by atoms with E-state index < -0.39 is 17.9 Å². The zero-order valence-electron chi connectivity index (χ0n) is 10.7. The minimum absolute atomic E-state index is 0.108. The van der Waals surface area contributed by atoms with Crippen LogP contribution in [0.5, 0.6) is 0 Å². The van der Waals surface area contributed by atoms with Gasteiger partial charge < -0.3 is 9.47 Å². The predicted molar refractivity (Wildman–Crippen MR) is 63.7 cm³/mol. The third-order valence-corrected chi connectivity index (χ3v) is 2.98. The van der Waals surface area contributed by atoms with Crippen molar-refractivity contribution in [1.29, 1.82) is 0 Å². The summed E-state index contributed by atoms with van der Waals surface area (Å²) in [4.78, 5) is 35.4. The SMILES string of the molecule is COC(=O)/C1=C/CCCCCC(=O)C1C(=O)OC. The Labute approximate surface area is 106 Å². The van der Waals surface area contributed by atoms with Crippen molar-refractivity contribution in [1.82, 2.24) is 0 Å². The van der Waals surface area contributed by atoms with Gasteiger partial charge in [0, 0.05) is 6.42 Å². The molecule has 0 amide bonds. The summed E-state index contributed by atoms with van der Waals surface area (Å²) in [5.74, 6) is -2.75. The summed E-state index contributed by atoms with van der Waals surface area (Å²) in [5, 5.41) is 0. The maximum absolute atomic E-state index is 12.0. The molecule has 0 saturated carbocycles. The van der Waals surface area contributed by atoms with E-state index in [4.69, 9.17) is 0 Å². The molecule has 0 spiro atoms. The summed E-state index contributed by atoms with van der Waals surface area (Å²) in [6, 6.07) is 0. The minimum Gasteiger partial charge on any atom is -0.468 e. The van der Waals surface area contributed by atoms with Gasteiger partial charge in [0.1, 0.15) is 5.92 Å². The van der Waals surface area contributed by atoms with Crippen molar-refractivity contribution in [3.05, 3.63) is 11.6 Å². The van der Waals surface area contributed by atoms with E-state index in [-0.39, 0.29) is 17.8 Å². The average molecular weight is 254 g/mol. The highest BCUT2D eigenvalue weighted by Crippen LogP contribution is 2.22. The van der Waals surface area contributed by atoms with E-state index in [1.807, 2.05) is 0 Å². The van der Waals surface area contributed by atoms with Crippen LogP contribution in [0.1, 0.15) is 32.1 Å². The van der Waals surface area contributed by atoms with Gasteiger partial charge >= 0.3 is 11.9 Å². The van der Waals surface area contributed by atoms with Crippen LogP contribution in [0.3, 0.4) is 0 Å². The summed E-state index contributed by atoms with van der Waals surface area (Å²) >= 11 is 0. The highest BCUT2D eigenvalue weighted by Gasteiger charge is 2.35. The zero-order valence-corrected chi connectivity index (χ0v) is 10.7. The van der Waals surface area contributed by atoms with Gasteiger partial charge in [0.15, 0.2) is 5.78 Å². The van der Waals surface area contributed by atoms with Crippen LogP contribution in [0.4, 0.5) is 0 Å². The molecule has 1 aliphatic carbocycles. The molecule has 0 radical (unpaired) electrons. The molecule has 1 unspecified atom stereocenters. The van der Waals surface area contributed by atoms with Gasteiger partial charge in [0.25, 0.3) is 0 Å². The number of ether oxygens (including phenoxy) is 2. The fourth-order valence-electron chi connectivity index (χ4n) is 2.01. The summed E-state index contributed by atoms with van der Waals surface area (Å²) in [7, 11) is 2.44. The Hall–Kier alpha value is -1.65. The molecule has 0 aromatic carbocycles. The van der Waals surface area contributed by atoms with Gasteiger partial charge in [0.05, 0.1) is 19.8 Å². The predicted octanol–water partition coefficient (Wildman–Crippen LogP) is 1.41. The molecular formula is C13H18O5. The van der Waals surface area contributed by atoms with E-state index >= 15 is 0 Å². The van der Waals surface area contributed by atoms with Crippen LogP contribution < -0.4 is 0 Å². The molecule has 1 aliphatic rings. The highest BCUT2D eigenvalue weighted by molar-refractivity contribution is 6.09. The van der Waals surface area contributed by atoms with Crippen molar-refractivity contribution < 1.29 is 23.9 Å². The molecule has 0 aromatic rings. The molecule has 5 heteroatoms. The number of carbonyl (C=O) groups excluding carboxylic acids is 3. The first-order valence-electron chi connectivity index (χ1n) is 6.00. The van der Waals surface area contributed by atoms with Gasteiger partial charge in [-0.25, -0.2) is 4.79 Å². The molecule has 0 heterocycles. The highest BCUT2D eigenvalue weighted by atomic mass is 16.5. The van der Waals surface area contributed by atoms with Crippen LogP contribution in [0.2, 0.25) is 0 Å². The second kappa shape index (κ2) is 6.93. The lowest BCUT2D eigenvalue weighted by Gasteiger charge is -2.15. The van der Waals surface area contributed by atoms with Crippen molar-refractivity contribution in [3.63, 3.8) is 0 Å². The van der Waals surface area contributed by atoms with Crippen molar-refractivity contribution in [2.24, 2.45) is 5.92 Å². The Morgan fingerprint density at radius 1 is 1.17 bits per heavy atom. The van der Waals surface area contributed by atoms with Gasteiger partial charge in [-0.15, -0.1) is 0 Å². The van der Waals surface area contributed by atoms with Gasteiger partial charge in [0.2, 0.25) is 0 Å². The number of Topliss-reactive ketones (excluding diaryl/α,β-unsaturated/α-hetero) is 1. The van der Waals surface area contributed by atoms with Crippen LogP contribution in [0, 0.1) is 5.92 Å². The van der Waals surface area contributed by atoms with Crippen molar-refractivity contribution in [3.8, 4) is 0 Å².